The number of amides is 1. The molecule has 1 amide bonds. The number of carboxylic acids is 1. The number of nitrogens with one attached hydrogen (secondary N) is 2. The number of benzene rings is 1. The van der Waals surface area contributed by atoms with Gasteiger partial charge in [-0.25, -0.2) is 0 Å². The summed E-state index contributed by atoms with van der Waals surface area (Å²) in [6, 6.07) is 8.87. The molecule has 3 fully saturated rings. The Morgan fingerprint density at radius 1 is 0.973 bits per heavy atom. The Hall–Kier alpha value is -1.29. The van der Waals surface area contributed by atoms with Crippen molar-refractivity contribution in [1.29, 1.82) is 0 Å². The van der Waals surface area contributed by atoms with Crippen LogP contribution in [0.1, 0.15) is 56.6 Å². The summed E-state index contributed by atoms with van der Waals surface area (Å²) >= 11 is 0. The summed E-state index contributed by atoms with van der Waals surface area (Å²) < 4.78 is 5.34. The number of ether oxygens (including phenoxy) is 1. The maximum atomic E-state index is 13.1. The number of hydrogen-bond donors (Lipinski definition) is 3. The lowest BCUT2D eigenvalue weighted by Gasteiger charge is -2.43. The summed E-state index contributed by atoms with van der Waals surface area (Å²) in [6.45, 7) is 6.20. The predicted octanol–water partition coefficient (Wildman–Crippen LogP) is 3.52. The highest BCUT2D eigenvalue weighted by molar-refractivity contribution is 5.86. The Morgan fingerprint density at radius 3 is 2.11 bits per heavy atom. The van der Waals surface area contributed by atoms with Crippen LogP contribution >= 0.6 is 37.2 Å². The summed E-state index contributed by atoms with van der Waals surface area (Å²) in [5.74, 6) is -0.109. The molecule has 8 nitrogen and oxygen atoms in total. The highest BCUT2D eigenvalue weighted by atomic mass is 35.5. The van der Waals surface area contributed by atoms with Crippen LogP contribution in [0.25, 0.3) is 0 Å². The van der Waals surface area contributed by atoms with E-state index in [2.05, 4.69) is 32.6 Å². The standard InChI is InChI=1S/C26H40N4O4.3ClH/c1-34-23-8-4-19(5-9-23)24(18-25(31)28-21-6-2-20(3-7-21)26(32)33)30-16-14-29(15-17-30)22-10-12-27-13-11-22;;;/h4-5,8-9,20-22,24,27H,2-3,6-7,10-18H2,1H3,(H,28,31)(H,32,33);3*1H. The SMILES string of the molecule is COc1ccc(C(CC(=O)NC2CCC(C(=O)O)CC2)N2CCN(C3CCNCC3)CC2)cc1.Cl.Cl.Cl. The second-order valence-electron chi connectivity index (χ2n) is 10.0. The van der Waals surface area contributed by atoms with Crippen LogP contribution in [0.3, 0.4) is 0 Å². The Bertz CT molecular complexity index is 811. The first kappa shape index (κ1) is 33.7. The number of piperazine rings is 1. The third kappa shape index (κ3) is 9.44. The van der Waals surface area contributed by atoms with E-state index < -0.39 is 5.97 Å². The summed E-state index contributed by atoms with van der Waals surface area (Å²) in [5, 5.41) is 15.9. The van der Waals surface area contributed by atoms with E-state index in [-0.39, 0.29) is 61.1 Å². The number of rotatable bonds is 8. The van der Waals surface area contributed by atoms with E-state index in [1.807, 2.05) is 12.1 Å². The van der Waals surface area contributed by atoms with Crippen molar-refractivity contribution in [2.75, 3.05) is 46.4 Å². The summed E-state index contributed by atoms with van der Waals surface area (Å²) in [7, 11) is 1.67. The second kappa shape index (κ2) is 16.6. The van der Waals surface area contributed by atoms with Crippen molar-refractivity contribution in [3.63, 3.8) is 0 Å². The fourth-order valence-electron chi connectivity index (χ4n) is 5.82. The van der Waals surface area contributed by atoms with Crippen molar-refractivity contribution < 1.29 is 19.4 Å². The minimum atomic E-state index is -0.715. The van der Waals surface area contributed by atoms with Crippen LogP contribution in [-0.4, -0.2) is 85.2 Å². The number of nitrogens with zero attached hydrogens (tertiary/aromatic N) is 2. The van der Waals surface area contributed by atoms with Crippen LogP contribution < -0.4 is 15.4 Å². The fourth-order valence-corrected chi connectivity index (χ4v) is 5.82. The van der Waals surface area contributed by atoms with Gasteiger partial charge in [-0.2, -0.15) is 0 Å². The number of carboxylic acid groups (broad SMARTS) is 1. The van der Waals surface area contributed by atoms with Crippen molar-refractivity contribution >= 4 is 49.1 Å². The Kier molecular flexibility index (Phi) is 15.2. The number of hydrogen-bond acceptors (Lipinski definition) is 6. The zero-order chi connectivity index (χ0) is 23.9. The zero-order valence-corrected chi connectivity index (χ0v) is 24.1. The lowest BCUT2D eigenvalue weighted by molar-refractivity contribution is -0.142. The third-order valence-electron chi connectivity index (χ3n) is 7.94. The van der Waals surface area contributed by atoms with Gasteiger partial charge in [0.2, 0.25) is 5.91 Å². The molecule has 1 aliphatic carbocycles. The normalized spacial score (nSPS) is 23.9. The summed E-state index contributed by atoms with van der Waals surface area (Å²) in [4.78, 5) is 29.4. The lowest BCUT2D eigenvalue weighted by Crippen LogP contribution is -2.53. The van der Waals surface area contributed by atoms with Crippen LogP contribution in [0.4, 0.5) is 0 Å². The fraction of sp³-hybridized carbons (Fsp3) is 0.692. The molecule has 0 aromatic heterocycles. The second-order valence-corrected chi connectivity index (χ2v) is 10.0. The first-order valence-electron chi connectivity index (χ1n) is 12.9. The molecule has 2 aliphatic heterocycles. The lowest BCUT2D eigenvalue weighted by atomic mass is 9.86. The van der Waals surface area contributed by atoms with E-state index in [0.29, 0.717) is 25.3 Å². The van der Waals surface area contributed by atoms with Gasteiger partial charge < -0.3 is 20.5 Å². The van der Waals surface area contributed by atoms with Gasteiger partial charge >= 0.3 is 5.97 Å². The summed E-state index contributed by atoms with van der Waals surface area (Å²) in [6.07, 6.45) is 5.61. The predicted molar refractivity (Wildman–Crippen MR) is 153 cm³/mol. The van der Waals surface area contributed by atoms with Gasteiger partial charge in [-0.1, -0.05) is 12.1 Å². The molecule has 1 saturated carbocycles. The molecular formula is C26H43Cl3N4O4. The van der Waals surface area contributed by atoms with Crippen LogP contribution in [-0.2, 0) is 9.59 Å². The quantitative estimate of drug-likeness (QED) is 0.433. The average molecular weight is 582 g/mol. The maximum Gasteiger partial charge on any atom is 0.306 e. The van der Waals surface area contributed by atoms with Gasteiger partial charge in [0.15, 0.2) is 0 Å². The van der Waals surface area contributed by atoms with Crippen LogP contribution in [0.2, 0.25) is 0 Å². The molecule has 0 radical (unpaired) electrons. The summed E-state index contributed by atoms with van der Waals surface area (Å²) in [5.41, 5.74) is 1.14. The zero-order valence-electron chi connectivity index (χ0n) is 21.6. The molecule has 1 aromatic carbocycles. The Morgan fingerprint density at radius 2 is 1.57 bits per heavy atom. The molecule has 2 saturated heterocycles. The molecule has 1 atom stereocenters. The minimum absolute atomic E-state index is 0. The molecule has 0 spiro atoms. The molecule has 2 heterocycles. The molecule has 4 rings (SSSR count). The maximum absolute atomic E-state index is 13.1. The van der Waals surface area contributed by atoms with Gasteiger partial charge in [-0.05, 0) is 69.3 Å². The number of carbonyl (C=O) groups excluding carboxylic acids is 1. The molecule has 11 heteroatoms. The molecule has 37 heavy (non-hydrogen) atoms. The van der Waals surface area contributed by atoms with Gasteiger partial charge in [0.1, 0.15) is 5.75 Å². The van der Waals surface area contributed by atoms with Gasteiger partial charge in [-0.3, -0.25) is 19.4 Å². The van der Waals surface area contributed by atoms with Gasteiger partial charge in [0.05, 0.1) is 13.0 Å². The Balaban J connectivity index is 0.00000228. The van der Waals surface area contributed by atoms with Crippen molar-refractivity contribution in [3.8, 4) is 5.75 Å². The number of aliphatic carboxylic acids is 1. The highest BCUT2D eigenvalue weighted by Crippen LogP contribution is 2.29. The highest BCUT2D eigenvalue weighted by Gasteiger charge is 2.31. The Labute approximate surface area is 239 Å². The number of methoxy groups -OCH3 is 1. The molecule has 1 unspecified atom stereocenters. The van der Waals surface area contributed by atoms with Gasteiger partial charge in [-0.15, -0.1) is 37.2 Å². The average Bonchev–Trinajstić information content (AvgIpc) is 2.88. The minimum Gasteiger partial charge on any atom is -0.497 e. The van der Waals surface area contributed by atoms with Crippen LogP contribution in [0.5, 0.6) is 5.75 Å². The number of piperidine rings is 1. The van der Waals surface area contributed by atoms with Crippen molar-refractivity contribution in [2.45, 2.75) is 63.1 Å². The molecular weight excluding hydrogens is 539 g/mol. The van der Waals surface area contributed by atoms with Crippen LogP contribution in [0, 0.1) is 5.92 Å². The molecule has 0 bridgehead atoms. The number of carbonyl (C=O) groups is 2. The van der Waals surface area contributed by atoms with E-state index in [4.69, 9.17) is 4.74 Å². The topological polar surface area (TPSA) is 94.1 Å². The van der Waals surface area contributed by atoms with E-state index in [1.54, 1.807) is 7.11 Å². The molecule has 3 aliphatic rings. The van der Waals surface area contributed by atoms with E-state index in [0.717, 1.165) is 63.4 Å². The van der Waals surface area contributed by atoms with Crippen molar-refractivity contribution in [2.24, 2.45) is 5.92 Å². The van der Waals surface area contributed by atoms with Gasteiger partial charge in [0.25, 0.3) is 0 Å². The van der Waals surface area contributed by atoms with E-state index >= 15 is 0 Å². The van der Waals surface area contributed by atoms with E-state index in [9.17, 15) is 14.7 Å². The first-order valence-corrected chi connectivity index (χ1v) is 12.9. The van der Waals surface area contributed by atoms with Crippen LogP contribution in [0.15, 0.2) is 24.3 Å². The van der Waals surface area contributed by atoms with Crippen molar-refractivity contribution in [3.05, 3.63) is 29.8 Å². The number of halogens is 3. The van der Waals surface area contributed by atoms with Gasteiger partial charge in [0, 0.05) is 50.7 Å². The smallest absolute Gasteiger partial charge is 0.306 e. The van der Waals surface area contributed by atoms with E-state index in [1.165, 1.54) is 12.8 Å². The molecule has 212 valence electrons. The van der Waals surface area contributed by atoms with Crippen molar-refractivity contribution in [1.82, 2.24) is 20.4 Å². The third-order valence-corrected chi connectivity index (χ3v) is 7.94. The molecule has 3 N–H and O–H groups in total. The first-order chi connectivity index (χ1) is 16.5. The monoisotopic (exact) mass is 580 g/mol. The largest absolute Gasteiger partial charge is 0.497 e. The molecule has 1 aromatic rings.